The molecule has 0 heterocycles. The van der Waals surface area contributed by atoms with Crippen LogP contribution in [0.2, 0.25) is 0 Å². The lowest BCUT2D eigenvalue weighted by Crippen LogP contribution is -2.17. The van der Waals surface area contributed by atoms with Crippen molar-refractivity contribution in [1.29, 1.82) is 0 Å². The predicted molar refractivity (Wildman–Crippen MR) is 84.7 cm³/mol. The summed E-state index contributed by atoms with van der Waals surface area (Å²) < 4.78 is 29.9. The van der Waals surface area contributed by atoms with Crippen molar-refractivity contribution < 1.29 is 13.2 Å². The Hall–Kier alpha value is -0.980. The Balaban J connectivity index is 2.69. The Bertz CT molecular complexity index is 555. The van der Waals surface area contributed by atoms with Gasteiger partial charge in [-0.15, -0.1) is 0 Å². The van der Waals surface area contributed by atoms with Gasteiger partial charge in [-0.2, -0.15) is 0 Å². The molecule has 2 N–H and O–H groups in total. The monoisotopic (exact) mass is 315 g/mol. The Morgan fingerprint density at radius 3 is 2.75 bits per heavy atom. The van der Waals surface area contributed by atoms with Crippen molar-refractivity contribution in [3.8, 4) is 0 Å². The van der Waals surface area contributed by atoms with Crippen LogP contribution >= 0.6 is 12.2 Å². The first kappa shape index (κ1) is 17.1. The lowest BCUT2D eigenvalue weighted by molar-refractivity contribution is 0.0711. The van der Waals surface area contributed by atoms with Crippen molar-refractivity contribution in [3.05, 3.63) is 29.8 Å². The second-order valence-corrected chi connectivity index (χ2v) is 7.23. The van der Waals surface area contributed by atoms with Gasteiger partial charge < -0.3 is 10.5 Å². The zero-order chi connectivity index (χ0) is 15.2. The molecule has 0 aliphatic rings. The van der Waals surface area contributed by atoms with Crippen LogP contribution in [0.15, 0.2) is 29.2 Å². The number of nitrogens with two attached hydrogens (primary N) is 1. The fourth-order valence-electron chi connectivity index (χ4n) is 1.81. The molecule has 1 aromatic carbocycles. The average Bonchev–Trinajstić information content (AvgIpc) is 2.39. The lowest BCUT2D eigenvalue weighted by Gasteiger charge is -2.12. The van der Waals surface area contributed by atoms with E-state index in [9.17, 15) is 8.42 Å². The number of sulfone groups is 1. The highest BCUT2D eigenvalue weighted by molar-refractivity contribution is 7.91. The van der Waals surface area contributed by atoms with Crippen LogP contribution in [-0.2, 0) is 14.6 Å². The van der Waals surface area contributed by atoms with Crippen LogP contribution in [-0.4, -0.2) is 31.9 Å². The molecule has 6 heteroatoms. The van der Waals surface area contributed by atoms with Gasteiger partial charge in [0.1, 0.15) is 4.99 Å². The summed E-state index contributed by atoms with van der Waals surface area (Å²) >= 11 is 4.85. The molecule has 0 saturated carbocycles. The molecule has 0 aromatic heterocycles. The Morgan fingerprint density at radius 1 is 1.45 bits per heavy atom. The number of rotatable bonds is 8. The summed E-state index contributed by atoms with van der Waals surface area (Å²) in [5.74, 6) is -0.0398. The standard InChI is InChI=1S/C14H21NO3S2/c1-3-5-11(2)18-8-9-20(16,17)13-7-4-6-12(10-13)14(15)19/h4,6-7,10-11H,3,5,8-9H2,1-2H3,(H2,15,19). The van der Waals surface area contributed by atoms with E-state index in [2.05, 4.69) is 6.92 Å². The van der Waals surface area contributed by atoms with Crippen molar-refractivity contribution in [3.63, 3.8) is 0 Å². The van der Waals surface area contributed by atoms with Crippen LogP contribution in [0.3, 0.4) is 0 Å². The van der Waals surface area contributed by atoms with Crippen molar-refractivity contribution in [1.82, 2.24) is 0 Å². The lowest BCUT2D eigenvalue weighted by atomic mass is 10.2. The average molecular weight is 315 g/mol. The summed E-state index contributed by atoms with van der Waals surface area (Å²) in [5.41, 5.74) is 6.07. The minimum atomic E-state index is -3.37. The van der Waals surface area contributed by atoms with E-state index in [0.717, 1.165) is 12.8 Å². The largest absolute Gasteiger partial charge is 0.389 e. The molecule has 0 spiro atoms. The third kappa shape index (κ3) is 5.19. The molecular formula is C14H21NO3S2. The number of benzene rings is 1. The molecule has 0 bridgehead atoms. The number of ether oxygens (including phenoxy) is 1. The van der Waals surface area contributed by atoms with E-state index >= 15 is 0 Å². The maximum atomic E-state index is 12.2. The molecule has 0 radical (unpaired) electrons. The van der Waals surface area contributed by atoms with Crippen molar-refractivity contribution in [2.75, 3.05) is 12.4 Å². The quantitative estimate of drug-likeness (QED) is 0.745. The van der Waals surface area contributed by atoms with E-state index in [0.29, 0.717) is 5.56 Å². The highest BCUT2D eigenvalue weighted by Crippen LogP contribution is 2.14. The van der Waals surface area contributed by atoms with Crippen LogP contribution in [0, 0.1) is 0 Å². The van der Waals surface area contributed by atoms with E-state index in [1.165, 1.54) is 6.07 Å². The molecule has 0 aliphatic carbocycles. The Morgan fingerprint density at radius 2 is 2.15 bits per heavy atom. The Kier molecular flexibility index (Phi) is 6.58. The summed E-state index contributed by atoms with van der Waals surface area (Å²) in [6.07, 6.45) is 2.03. The maximum absolute atomic E-state index is 12.2. The fraction of sp³-hybridized carbons (Fsp3) is 0.500. The molecular weight excluding hydrogens is 294 g/mol. The first-order valence-corrected chi connectivity index (χ1v) is 8.67. The summed E-state index contributed by atoms with van der Waals surface area (Å²) in [6, 6.07) is 6.39. The van der Waals surface area contributed by atoms with Gasteiger partial charge in [0, 0.05) is 5.56 Å². The number of hydrogen-bond acceptors (Lipinski definition) is 4. The van der Waals surface area contributed by atoms with Gasteiger partial charge in [-0.3, -0.25) is 0 Å². The predicted octanol–water partition coefficient (Wildman–Crippen LogP) is 2.30. The molecule has 1 rings (SSSR count). The van der Waals surface area contributed by atoms with Crippen LogP contribution in [0.25, 0.3) is 0 Å². The fourth-order valence-corrected chi connectivity index (χ4v) is 3.08. The van der Waals surface area contributed by atoms with E-state index in [1.54, 1.807) is 18.2 Å². The zero-order valence-corrected chi connectivity index (χ0v) is 13.5. The van der Waals surface area contributed by atoms with Gasteiger partial charge >= 0.3 is 0 Å². The first-order valence-electron chi connectivity index (χ1n) is 6.61. The molecule has 112 valence electrons. The maximum Gasteiger partial charge on any atom is 0.180 e. The smallest absolute Gasteiger partial charge is 0.180 e. The highest BCUT2D eigenvalue weighted by Gasteiger charge is 2.15. The van der Waals surface area contributed by atoms with Gasteiger partial charge in [-0.1, -0.05) is 37.7 Å². The van der Waals surface area contributed by atoms with Gasteiger partial charge in [0.05, 0.1) is 23.4 Å². The topological polar surface area (TPSA) is 69.4 Å². The Labute approximate surface area is 126 Å². The van der Waals surface area contributed by atoms with E-state index in [4.69, 9.17) is 22.7 Å². The second kappa shape index (κ2) is 7.71. The molecule has 0 fully saturated rings. The number of thiocarbonyl (C=S) groups is 1. The van der Waals surface area contributed by atoms with Crippen molar-refractivity contribution >= 4 is 27.0 Å². The van der Waals surface area contributed by atoms with Gasteiger partial charge in [0.15, 0.2) is 9.84 Å². The van der Waals surface area contributed by atoms with E-state index < -0.39 is 9.84 Å². The van der Waals surface area contributed by atoms with Gasteiger partial charge in [-0.25, -0.2) is 8.42 Å². The zero-order valence-electron chi connectivity index (χ0n) is 11.8. The number of hydrogen-bond donors (Lipinski definition) is 1. The summed E-state index contributed by atoms with van der Waals surface area (Å²) in [7, 11) is -3.37. The molecule has 0 aliphatic heterocycles. The van der Waals surface area contributed by atoms with Crippen molar-refractivity contribution in [2.45, 2.75) is 37.7 Å². The molecule has 0 saturated heterocycles. The van der Waals surface area contributed by atoms with Gasteiger partial charge in [0.2, 0.25) is 0 Å². The van der Waals surface area contributed by atoms with Crippen LogP contribution in [0.4, 0.5) is 0 Å². The molecule has 1 unspecified atom stereocenters. The molecule has 20 heavy (non-hydrogen) atoms. The van der Waals surface area contributed by atoms with Crippen LogP contribution in [0.1, 0.15) is 32.3 Å². The third-order valence-corrected chi connectivity index (χ3v) is 4.84. The molecule has 4 nitrogen and oxygen atoms in total. The van der Waals surface area contributed by atoms with Gasteiger partial charge in [0.25, 0.3) is 0 Å². The minimum Gasteiger partial charge on any atom is -0.389 e. The van der Waals surface area contributed by atoms with E-state index in [1.807, 2.05) is 6.92 Å². The summed E-state index contributed by atoms with van der Waals surface area (Å²) in [5, 5.41) is 0. The summed E-state index contributed by atoms with van der Waals surface area (Å²) in [6.45, 7) is 4.21. The second-order valence-electron chi connectivity index (χ2n) is 4.68. The first-order chi connectivity index (χ1) is 9.36. The van der Waals surface area contributed by atoms with Crippen molar-refractivity contribution in [2.24, 2.45) is 5.73 Å². The van der Waals surface area contributed by atoms with Gasteiger partial charge in [-0.05, 0) is 25.5 Å². The SMILES string of the molecule is CCCC(C)OCCS(=O)(=O)c1cccc(C(N)=S)c1. The van der Waals surface area contributed by atoms with E-state index in [-0.39, 0.29) is 28.3 Å². The van der Waals surface area contributed by atoms with Crippen LogP contribution < -0.4 is 5.73 Å². The molecule has 0 amide bonds. The molecule has 1 atom stereocenters. The molecule has 1 aromatic rings. The van der Waals surface area contributed by atoms with Crippen LogP contribution in [0.5, 0.6) is 0 Å². The normalized spacial score (nSPS) is 13.1. The minimum absolute atomic E-state index is 0.0398. The third-order valence-electron chi connectivity index (χ3n) is 2.93. The highest BCUT2D eigenvalue weighted by atomic mass is 32.2. The summed E-state index contributed by atoms with van der Waals surface area (Å²) in [4.78, 5) is 0.421.